The van der Waals surface area contributed by atoms with Crippen molar-refractivity contribution in [3.05, 3.63) is 53.3 Å². The lowest BCUT2D eigenvalue weighted by atomic mass is 9.96. The summed E-state index contributed by atoms with van der Waals surface area (Å²) in [5.41, 5.74) is 3.23. The monoisotopic (exact) mass is 380 g/mol. The maximum absolute atomic E-state index is 5.43. The number of aromatic nitrogens is 4. The third-order valence-electron chi connectivity index (χ3n) is 4.91. The van der Waals surface area contributed by atoms with Crippen LogP contribution in [0.15, 0.2) is 36.4 Å². The van der Waals surface area contributed by atoms with Crippen LogP contribution in [0.5, 0.6) is 0 Å². The van der Waals surface area contributed by atoms with Crippen LogP contribution in [-0.4, -0.2) is 51.0 Å². The predicted octanol–water partition coefficient (Wildman–Crippen LogP) is 2.87. The summed E-state index contributed by atoms with van der Waals surface area (Å²) in [4.78, 5) is 2.44. The molecule has 2 aromatic heterocycles. The van der Waals surface area contributed by atoms with Crippen molar-refractivity contribution in [3.63, 3.8) is 0 Å². The SMILES string of the molecule is CC(C)(C)c1nnc2ccc(NCc3cccc(CN4CCOCC4)c3)nn12. The summed E-state index contributed by atoms with van der Waals surface area (Å²) >= 11 is 0. The van der Waals surface area contributed by atoms with Gasteiger partial charge in [0.05, 0.1) is 13.2 Å². The fraction of sp³-hybridized carbons (Fsp3) is 0.476. The fourth-order valence-corrected chi connectivity index (χ4v) is 3.40. The summed E-state index contributed by atoms with van der Waals surface area (Å²) in [6.45, 7) is 11.7. The van der Waals surface area contributed by atoms with E-state index in [2.05, 4.69) is 65.5 Å². The maximum Gasteiger partial charge on any atom is 0.178 e. The Balaban J connectivity index is 1.44. The molecular weight excluding hydrogens is 352 g/mol. The minimum Gasteiger partial charge on any atom is -0.379 e. The normalized spacial score (nSPS) is 15.8. The number of rotatable bonds is 5. The van der Waals surface area contributed by atoms with E-state index in [4.69, 9.17) is 9.84 Å². The summed E-state index contributed by atoms with van der Waals surface area (Å²) in [5.74, 6) is 1.68. The molecule has 28 heavy (non-hydrogen) atoms. The van der Waals surface area contributed by atoms with Crippen molar-refractivity contribution in [2.24, 2.45) is 0 Å². The van der Waals surface area contributed by atoms with Crippen LogP contribution in [0.1, 0.15) is 37.7 Å². The van der Waals surface area contributed by atoms with Gasteiger partial charge in [-0.05, 0) is 23.3 Å². The lowest BCUT2D eigenvalue weighted by Crippen LogP contribution is -2.35. The van der Waals surface area contributed by atoms with E-state index < -0.39 is 0 Å². The van der Waals surface area contributed by atoms with Gasteiger partial charge in [0, 0.05) is 31.6 Å². The van der Waals surface area contributed by atoms with E-state index in [-0.39, 0.29) is 5.41 Å². The second-order valence-electron chi connectivity index (χ2n) is 8.32. The highest BCUT2D eigenvalue weighted by Crippen LogP contribution is 2.21. The van der Waals surface area contributed by atoms with Gasteiger partial charge in [0.1, 0.15) is 5.82 Å². The van der Waals surface area contributed by atoms with Gasteiger partial charge in [-0.1, -0.05) is 45.0 Å². The highest BCUT2D eigenvalue weighted by Gasteiger charge is 2.21. The van der Waals surface area contributed by atoms with Gasteiger partial charge < -0.3 is 10.1 Å². The number of ether oxygens (including phenoxy) is 1. The topological polar surface area (TPSA) is 67.6 Å². The van der Waals surface area contributed by atoms with Gasteiger partial charge in [-0.2, -0.15) is 4.52 Å². The third-order valence-corrected chi connectivity index (χ3v) is 4.91. The second kappa shape index (κ2) is 7.85. The molecule has 4 rings (SSSR count). The fourth-order valence-electron chi connectivity index (χ4n) is 3.40. The minimum atomic E-state index is -0.112. The Hall–Kier alpha value is -2.51. The molecule has 1 saturated heterocycles. The van der Waals surface area contributed by atoms with Gasteiger partial charge in [-0.3, -0.25) is 4.90 Å². The molecular formula is C21H28N6O. The van der Waals surface area contributed by atoms with E-state index >= 15 is 0 Å². The predicted molar refractivity (Wildman–Crippen MR) is 109 cm³/mol. The summed E-state index contributed by atoms with van der Waals surface area (Å²) in [7, 11) is 0. The third kappa shape index (κ3) is 4.31. The molecule has 0 unspecified atom stereocenters. The second-order valence-corrected chi connectivity index (χ2v) is 8.32. The average molecular weight is 380 g/mol. The molecule has 3 aromatic rings. The van der Waals surface area contributed by atoms with Crippen LogP contribution in [0.2, 0.25) is 0 Å². The number of morpholine rings is 1. The number of hydrogen-bond acceptors (Lipinski definition) is 6. The molecule has 148 valence electrons. The lowest BCUT2D eigenvalue weighted by Gasteiger charge is -2.26. The van der Waals surface area contributed by atoms with Crippen LogP contribution < -0.4 is 5.32 Å². The minimum absolute atomic E-state index is 0.112. The lowest BCUT2D eigenvalue weighted by molar-refractivity contribution is 0.0342. The standard InChI is InChI=1S/C21H28N6O/c1-21(2,3)20-24-23-19-8-7-18(25-27(19)20)22-14-16-5-4-6-17(13-16)15-26-9-11-28-12-10-26/h4-8,13H,9-12,14-15H2,1-3H3,(H,22,25). The molecule has 0 radical (unpaired) electrons. The summed E-state index contributed by atoms with van der Waals surface area (Å²) in [6, 6.07) is 12.6. The first-order valence-corrected chi connectivity index (χ1v) is 9.84. The van der Waals surface area contributed by atoms with Crippen molar-refractivity contribution in [2.75, 3.05) is 31.6 Å². The highest BCUT2D eigenvalue weighted by atomic mass is 16.5. The van der Waals surface area contributed by atoms with Crippen molar-refractivity contribution >= 4 is 11.5 Å². The zero-order chi connectivity index (χ0) is 19.6. The Morgan fingerprint density at radius 3 is 2.61 bits per heavy atom. The molecule has 0 spiro atoms. The van der Waals surface area contributed by atoms with Crippen molar-refractivity contribution in [1.82, 2.24) is 24.7 Å². The summed E-state index contributed by atoms with van der Waals surface area (Å²) in [6.07, 6.45) is 0. The number of benzene rings is 1. The number of fused-ring (bicyclic) bond motifs is 1. The number of hydrogen-bond donors (Lipinski definition) is 1. The van der Waals surface area contributed by atoms with Crippen molar-refractivity contribution in [1.29, 1.82) is 0 Å². The van der Waals surface area contributed by atoms with E-state index in [1.807, 2.05) is 16.6 Å². The highest BCUT2D eigenvalue weighted by molar-refractivity contribution is 5.45. The molecule has 0 aliphatic carbocycles. The quantitative estimate of drug-likeness (QED) is 0.734. The number of nitrogens with one attached hydrogen (secondary N) is 1. The van der Waals surface area contributed by atoms with Crippen LogP contribution in [0, 0.1) is 0 Å². The maximum atomic E-state index is 5.43. The van der Waals surface area contributed by atoms with Crippen LogP contribution in [0.25, 0.3) is 5.65 Å². The van der Waals surface area contributed by atoms with Crippen molar-refractivity contribution in [2.45, 2.75) is 39.3 Å². The Morgan fingerprint density at radius 1 is 1.04 bits per heavy atom. The molecule has 1 aliphatic heterocycles. The molecule has 1 N–H and O–H groups in total. The van der Waals surface area contributed by atoms with E-state index in [9.17, 15) is 0 Å². The summed E-state index contributed by atoms with van der Waals surface area (Å²) in [5, 5.41) is 16.6. The van der Waals surface area contributed by atoms with Crippen molar-refractivity contribution in [3.8, 4) is 0 Å². The Labute approximate surface area is 165 Å². The van der Waals surface area contributed by atoms with Crippen LogP contribution in [0.4, 0.5) is 5.82 Å². The van der Waals surface area contributed by atoms with Gasteiger partial charge in [-0.15, -0.1) is 15.3 Å². The zero-order valence-corrected chi connectivity index (χ0v) is 16.9. The number of anilines is 1. The smallest absolute Gasteiger partial charge is 0.178 e. The van der Waals surface area contributed by atoms with Crippen LogP contribution in [0.3, 0.4) is 0 Å². The largest absolute Gasteiger partial charge is 0.379 e. The van der Waals surface area contributed by atoms with Gasteiger partial charge in [0.2, 0.25) is 0 Å². The van der Waals surface area contributed by atoms with E-state index in [1.165, 1.54) is 11.1 Å². The average Bonchev–Trinajstić information content (AvgIpc) is 3.11. The van der Waals surface area contributed by atoms with E-state index in [1.54, 1.807) is 0 Å². The summed E-state index contributed by atoms with van der Waals surface area (Å²) < 4.78 is 7.26. The molecule has 0 atom stereocenters. The molecule has 1 fully saturated rings. The van der Waals surface area contributed by atoms with Crippen LogP contribution in [-0.2, 0) is 23.2 Å². The Morgan fingerprint density at radius 2 is 1.82 bits per heavy atom. The van der Waals surface area contributed by atoms with Gasteiger partial charge in [0.15, 0.2) is 11.5 Å². The first-order chi connectivity index (χ1) is 13.5. The molecule has 1 aromatic carbocycles. The van der Waals surface area contributed by atoms with Gasteiger partial charge in [-0.25, -0.2) is 0 Å². The van der Waals surface area contributed by atoms with E-state index in [0.717, 1.165) is 56.7 Å². The molecule has 0 amide bonds. The van der Waals surface area contributed by atoms with E-state index in [0.29, 0.717) is 0 Å². The van der Waals surface area contributed by atoms with Gasteiger partial charge >= 0.3 is 0 Å². The zero-order valence-electron chi connectivity index (χ0n) is 16.9. The molecule has 7 nitrogen and oxygen atoms in total. The Bertz CT molecular complexity index is 939. The first kappa shape index (κ1) is 18.8. The van der Waals surface area contributed by atoms with Crippen molar-refractivity contribution < 1.29 is 4.74 Å². The molecule has 1 aliphatic rings. The number of nitrogens with zero attached hydrogens (tertiary/aromatic N) is 5. The molecule has 0 bridgehead atoms. The molecule has 7 heteroatoms. The first-order valence-electron chi connectivity index (χ1n) is 9.84. The molecule has 3 heterocycles. The van der Waals surface area contributed by atoms with Crippen LogP contribution >= 0.6 is 0 Å². The van der Waals surface area contributed by atoms with Gasteiger partial charge in [0.25, 0.3) is 0 Å². The Kier molecular flexibility index (Phi) is 5.28. The molecule has 0 saturated carbocycles.